The molecule has 1 amide bonds. The number of carbonyl (C=O) groups excluding carboxylic acids is 1. The molecular weight excluding hydrogens is 424 g/mol. The first-order valence-electron chi connectivity index (χ1n) is 10.9. The van der Waals surface area contributed by atoms with Crippen LogP contribution in [0.4, 0.5) is 17.1 Å². The third-order valence-electron chi connectivity index (χ3n) is 5.25. The van der Waals surface area contributed by atoms with Crippen LogP contribution in [0.25, 0.3) is 10.9 Å². The minimum absolute atomic E-state index is 0.192. The summed E-state index contributed by atoms with van der Waals surface area (Å²) in [6, 6.07) is 28.2. The Morgan fingerprint density at radius 1 is 0.794 bits per heavy atom. The van der Waals surface area contributed by atoms with E-state index in [-0.39, 0.29) is 5.91 Å². The fourth-order valence-corrected chi connectivity index (χ4v) is 3.66. The Labute approximate surface area is 197 Å². The first-order valence-corrected chi connectivity index (χ1v) is 10.9. The van der Waals surface area contributed by atoms with Gasteiger partial charge in [0.2, 0.25) is 0 Å². The monoisotopic (exact) mass is 446 g/mol. The Morgan fingerprint density at radius 3 is 2.38 bits per heavy atom. The fourth-order valence-electron chi connectivity index (χ4n) is 3.66. The topological polar surface area (TPSA) is 76.1 Å². The van der Waals surface area contributed by atoms with E-state index in [0.29, 0.717) is 22.7 Å². The van der Waals surface area contributed by atoms with Crippen molar-refractivity contribution in [3.8, 4) is 11.5 Å². The Bertz CT molecular complexity index is 1450. The molecule has 166 valence electrons. The number of fused-ring (bicyclic) bond motifs is 1. The zero-order chi connectivity index (χ0) is 23.3. The molecule has 5 aromatic rings. The van der Waals surface area contributed by atoms with E-state index in [1.54, 1.807) is 30.6 Å². The molecule has 0 saturated carbocycles. The van der Waals surface area contributed by atoms with Gasteiger partial charge in [-0.1, -0.05) is 24.3 Å². The van der Waals surface area contributed by atoms with Crippen LogP contribution >= 0.6 is 0 Å². The van der Waals surface area contributed by atoms with Crippen molar-refractivity contribution in [3.63, 3.8) is 0 Å². The molecule has 0 aliphatic carbocycles. The van der Waals surface area contributed by atoms with Gasteiger partial charge in [0.25, 0.3) is 5.91 Å². The number of benzene rings is 3. The van der Waals surface area contributed by atoms with E-state index in [1.165, 1.54) is 0 Å². The lowest BCUT2D eigenvalue weighted by Gasteiger charge is -2.12. The largest absolute Gasteiger partial charge is 0.457 e. The maximum Gasteiger partial charge on any atom is 0.255 e. The van der Waals surface area contributed by atoms with Crippen molar-refractivity contribution in [1.82, 2.24) is 9.97 Å². The van der Waals surface area contributed by atoms with Gasteiger partial charge in [-0.15, -0.1) is 0 Å². The predicted molar refractivity (Wildman–Crippen MR) is 135 cm³/mol. The minimum atomic E-state index is -0.192. The third kappa shape index (κ3) is 4.86. The van der Waals surface area contributed by atoms with Gasteiger partial charge in [0, 0.05) is 46.1 Å². The van der Waals surface area contributed by atoms with Crippen LogP contribution in [-0.2, 0) is 0 Å². The number of hydrogen-bond acceptors (Lipinski definition) is 5. The highest BCUT2D eigenvalue weighted by molar-refractivity contribution is 6.05. The maximum absolute atomic E-state index is 12.9. The molecule has 0 aliphatic heterocycles. The predicted octanol–water partition coefficient (Wildman–Crippen LogP) is 6.73. The van der Waals surface area contributed by atoms with Gasteiger partial charge in [-0.05, 0) is 73.7 Å². The number of pyridine rings is 2. The smallest absolute Gasteiger partial charge is 0.255 e. The Morgan fingerprint density at radius 2 is 1.56 bits per heavy atom. The quantitative estimate of drug-likeness (QED) is 0.303. The van der Waals surface area contributed by atoms with Gasteiger partial charge in [-0.2, -0.15) is 0 Å². The van der Waals surface area contributed by atoms with Crippen molar-refractivity contribution in [2.45, 2.75) is 6.92 Å². The van der Waals surface area contributed by atoms with Crippen molar-refractivity contribution in [3.05, 3.63) is 115 Å². The molecule has 2 N–H and O–H groups in total. The van der Waals surface area contributed by atoms with Crippen molar-refractivity contribution >= 4 is 33.9 Å². The second-order valence-corrected chi connectivity index (χ2v) is 7.80. The van der Waals surface area contributed by atoms with E-state index in [2.05, 4.69) is 20.6 Å². The molecule has 0 atom stereocenters. The summed E-state index contributed by atoms with van der Waals surface area (Å²) < 4.78 is 5.77. The van der Waals surface area contributed by atoms with E-state index >= 15 is 0 Å². The zero-order valence-corrected chi connectivity index (χ0v) is 18.5. The summed E-state index contributed by atoms with van der Waals surface area (Å²) in [7, 11) is 0. The first kappa shape index (κ1) is 21.2. The van der Waals surface area contributed by atoms with Crippen LogP contribution in [-0.4, -0.2) is 15.9 Å². The average molecular weight is 447 g/mol. The summed E-state index contributed by atoms with van der Waals surface area (Å²) >= 11 is 0. The van der Waals surface area contributed by atoms with Gasteiger partial charge in [0.15, 0.2) is 0 Å². The molecule has 2 aromatic heterocycles. The van der Waals surface area contributed by atoms with Crippen LogP contribution < -0.4 is 15.4 Å². The number of amides is 1. The normalized spacial score (nSPS) is 10.6. The molecule has 0 spiro atoms. The summed E-state index contributed by atoms with van der Waals surface area (Å²) in [6.45, 7) is 1.97. The molecule has 0 radical (unpaired) electrons. The Kier molecular flexibility index (Phi) is 5.86. The lowest BCUT2D eigenvalue weighted by molar-refractivity contribution is 0.102. The van der Waals surface area contributed by atoms with Crippen LogP contribution in [0.1, 0.15) is 16.1 Å². The molecule has 0 saturated heterocycles. The molecule has 2 heterocycles. The molecular formula is C28H22N4O2. The van der Waals surface area contributed by atoms with Crippen LogP contribution in [0.15, 0.2) is 103 Å². The molecule has 5 rings (SSSR count). The Balaban J connectivity index is 1.29. The third-order valence-corrected chi connectivity index (χ3v) is 5.25. The number of aryl methyl sites for hydroxylation is 1. The van der Waals surface area contributed by atoms with E-state index in [4.69, 9.17) is 4.74 Å². The van der Waals surface area contributed by atoms with E-state index < -0.39 is 0 Å². The summed E-state index contributed by atoms with van der Waals surface area (Å²) in [6.07, 6.45) is 3.34. The molecule has 0 aliphatic rings. The lowest BCUT2D eigenvalue weighted by atomic mass is 10.1. The van der Waals surface area contributed by atoms with Gasteiger partial charge in [-0.3, -0.25) is 14.8 Å². The van der Waals surface area contributed by atoms with Crippen molar-refractivity contribution in [1.29, 1.82) is 0 Å². The molecule has 6 nitrogen and oxygen atoms in total. The first-order chi connectivity index (χ1) is 16.6. The highest BCUT2D eigenvalue weighted by Crippen LogP contribution is 2.27. The molecule has 0 fully saturated rings. The summed E-state index contributed by atoms with van der Waals surface area (Å²) in [5.74, 6) is 1.19. The van der Waals surface area contributed by atoms with Gasteiger partial charge >= 0.3 is 0 Å². The van der Waals surface area contributed by atoms with Gasteiger partial charge < -0.3 is 15.4 Å². The van der Waals surface area contributed by atoms with Crippen molar-refractivity contribution < 1.29 is 9.53 Å². The van der Waals surface area contributed by atoms with Crippen molar-refractivity contribution in [2.75, 3.05) is 10.6 Å². The molecule has 3 aromatic carbocycles. The number of carbonyl (C=O) groups is 1. The van der Waals surface area contributed by atoms with E-state index in [1.807, 2.05) is 79.7 Å². The Hall–Kier alpha value is -4.71. The highest BCUT2D eigenvalue weighted by Gasteiger charge is 2.09. The molecule has 0 unspecified atom stereocenters. The standard InChI is InChI=1S/C28H22N4O2/c1-19-17-27(25-7-2-3-8-26(25)30-19)31-22-6-4-5-20(18-22)28(33)32-21-9-11-23(12-10-21)34-24-13-15-29-16-14-24/h2-18H,1H3,(H,30,31)(H,32,33). The number of aromatic nitrogens is 2. The van der Waals surface area contributed by atoms with E-state index in [0.717, 1.165) is 28.0 Å². The highest BCUT2D eigenvalue weighted by atomic mass is 16.5. The summed E-state index contributed by atoms with van der Waals surface area (Å²) in [5.41, 5.74) is 4.86. The number of para-hydroxylation sites is 1. The van der Waals surface area contributed by atoms with Crippen molar-refractivity contribution in [2.24, 2.45) is 0 Å². The lowest BCUT2D eigenvalue weighted by Crippen LogP contribution is -2.12. The number of nitrogens with zero attached hydrogens (tertiary/aromatic N) is 2. The number of nitrogens with one attached hydrogen (secondary N) is 2. The number of anilines is 3. The SMILES string of the molecule is Cc1cc(Nc2cccc(C(=O)Nc3ccc(Oc4ccncc4)cc3)c2)c2ccccc2n1. The fraction of sp³-hybridized carbons (Fsp3) is 0.0357. The van der Waals surface area contributed by atoms with Gasteiger partial charge in [0.1, 0.15) is 11.5 Å². The minimum Gasteiger partial charge on any atom is -0.457 e. The molecule has 0 bridgehead atoms. The maximum atomic E-state index is 12.9. The second kappa shape index (κ2) is 9.42. The number of ether oxygens (including phenoxy) is 1. The van der Waals surface area contributed by atoms with Crippen LogP contribution in [0.2, 0.25) is 0 Å². The van der Waals surface area contributed by atoms with Gasteiger partial charge in [0.05, 0.1) is 5.52 Å². The van der Waals surface area contributed by atoms with Gasteiger partial charge in [-0.25, -0.2) is 0 Å². The van der Waals surface area contributed by atoms with E-state index in [9.17, 15) is 4.79 Å². The van der Waals surface area contributed by atoms with Crippen LogP contribution in [0, 0.1) is 6.92 Å². The summed E-state index contributed by atoms with van der Waals surface area (Å²) in [5, 5.41) is 7.40. The van der Waals surface area contributed by atoms with Crippen LogP contribution in [0.3, 0.4) is 0 Å². The van der Waals surface area contributed by atoms with Crippen LogP contribution in [0.5, 0.6) is 11.5 Å². The molecule has 6 heteroatoms. The number of hydrogen-bond donors (Lipinski definition) is 2. The zero-order valence-electron chi connectivity index (χ0n) is 18.5. The molecule has 34 heavy (non-hydrogen) atoms. The second-order valence-electron chi connectivity index (χ2n) is 7.80. The summed E-state index contributed by atoms with van der Waals surface area (Å²) in [4.78, 5) is 21.4. The number of rotatable bonds is 6. The average Bonchev–Trinajstić information content (AvgIpc) is 2.86.